The highest BCUT2D eigenvalue weighted by atomic mass is 32.2. The van der Waals surface area contributed by atoms with Crippen LogP contribution in [-0.2, 0) is 16.6 Å². The lowest BCUT2D eigenvalue weighted by Gasteiger charge is -2.06. The first-order valence-electron chi connectivity index (χ1n) is 5.66. The van der Waals surface area contributed by atoms with E-state index in [9.17, 15) is 18.0 Å². The predicted octanol–water partition coefficient (Wildman–Crippen LogP) is 1.12. The molecule has 20 heavy (non-hydrogen) atoms. The Bertz CT molecular complexity index is 790. The molecule has 1 heterocycles. The molecule has 2 aromatic rings. The fourth-order valence-corrected chi connectivity index (χ4v) is 3.17. The van der Waals surface area contributed by atoms with Crippen LogP contribution in [0.3, 0.4) is 0 Å². The van der Waals surface area contributed by atoms with Gasteiger partial charge in [-0.1, -0.05) is 23.5 Å². The number of ketones is 1. The van der Waals surface area contributed by atoms with Crippen LogP contribution < -0.4 is 9.60 Å². The molecule has 0 aliphatic rings. The summed E-state index contributed by atoms with van der Waals surface area (Å²) < 4.78 is 26.5. The summed E-state index contributed by atoms with van der Waals surface area (Å²) in [6.07, 6.45) is 0. The molecule has 8 heteroatoms. The number of hydrogen-bond donors (Lipinski definition) is 2. The predicted molar refractivity (Wildman–Crippen MR) is 75.4 cm³/mol. The van der Waals surface area contributed by atoms with E-state index in [1.165, 1.54) is 25.1 Å². The fraction of sp³-hybridized carbons (Fsp3) is 0.167. The monoisotopic (exact) mass is 312 g/mol. The molecule has 0 radical (unpaired) electrons. The van der Waals surface area contributed by atoms with E-state index < -0.39 is 10.0 Å². The van der Waals surface area contributed by atoms with Gasteiger partial charge in [0, 0.05) is 16.6 Å². The first kappa shape index (κ1) is 14.6. The molecule has 1 aromatic heterocycles. The molecular weight excluding hydrogens is 300 g/mol. The van der Waals surface area contributed by atoms with Crippen LogP contribution in [0.2, 0.25) is 0 Å². The van der Waals surface area contributed by atoms with Crippen molar-refractivity contribution in [2.24, 2.45) is 0 Å². The van der Waals surface area contributed by atoms with Crippen molar-refractivity contribution in [3.63, 3.8) is 0 Å². The van der Waals surface area contributed by atoms with Gasteiger partial charge >= 0.3 is 4.87 Å². The zero-order chi connectivity index (χ0) is 14.8. The number of aromatic amines is 1. The molecule has 0 aliphatic carbocycles. The Balaban J connectivity index is 2.20. The molecular formula is C12H12N2O4S2. The van der Waals surface area contributed by atoms with Crippen LogP contribution in [0.4, 0.5) is 0 Å². The van der Waals surface area contributed by atoms with Crippen molar-refractivity contribution in [1.29, 1.82) is 0 Å². The lowest BCUT2D eigenvalue weighted by molar-refractivity contribution is 0.101. The van der Waals surface area contributed by atoms with E-state index in [1.54, 1.807) is 11.4 Å². The van der Waals surface area contributed by atoms with Crippen molar-refractivity contribution in [1.82, 2.24) is 9.71 Å². The Morgan fingerprint density at radius 3 is 2.75 bits per heavy atom. The summed E-state index contributed by atoms with van der Waals surface area (Å²) in [5.41, 5.74) is 0.822. The van der Waals surface area contributed by atoms with Gasteiger partial charge in [-0.25, -0.2) is 13.1 Å². The van der Waals surface area contributed by atoms with Crippen LogP contribution in [0.5, 0.6) is 0 Å². The number of sulfonamides is 1. The smallest absolute Gasteiger partial charge is 0.304 e. The van der Waals surface area contributed by atoms with E-state index in [0.717, 1.165) is 11.3 Å². The Hall–Kier alpha value is -1.77. The van der Waals surface area contributed by atoms with E-state index in [0.29, 0.717) is 11.3 Å². The lowest BCUT2D eigenvalue weighted by atomic mass is 10.2. The van der Waals surface area contributed by atoms with E-state index in [4.69, 9.17) is 0 Å². The Kier molecular flexibility index (Phi) is 4.17. The van der Waals surface area contributed by atoms with Gasteiger partial charge in [0.25, 0.3) is 0 Å². The van der Waals surface area contributed by atoms with Crippen LogP contribution in [0.25, 0.3) is 0 Å². The van der Waals surface area contributed by atoms with Crippen molar-refractivity contribution in [2.45, 2.75) is 18.4 Å². The van der Waals surface area contributed by atoms with Gasteiger partial charge in [-0.3, -0.25) is 9.59 Å². The summed E-state index contributed by atoms with van der Waals surface area (Å²) in [6.45, 7) is 1.36. The molecule has 0 spiro atoms. The van der Waals surface area contributed by atoms with E-state index in [1.807, 2.05) is 0 Å². The number of H-pyrrole nitrogens is 1. The Labute approximate surface area is 119 Å². The third kappa shape index (κ3) is 3.41. The minimum Gasteiger partial charge on any atom is -0.315 e. The summed E-state index contributed by atoms with van der Waals surface area (Å²) in [5.74, 6) is -0.204. The number of carbonyl (C=O) groups is 1. The highest BCUT2D eigenvalue weighted by molar-refractivity contribution is 7.89. The molecule has 2 N–H and O–H groups in total. The number of carbonyl (C=O) groups excluding carboxylic acids is 1. The minimum atomic E-state index is -3.72. The molecule has 6 nitrogen and oxygen atoms in total. The van der Waals surface area contributed by atoms with Crippen LogP contribution in [-0.4, -0.2) is 19.2 Å². The maximum absolute atomic E-state index is 12.1. The maximum atomic E-state index is 12.1. The molecule has 0 saturated heterocycles. The molecule has 0 fully saturated rings. The second-order valence-corrected chi connectivity index (χ2v) is 6.69. The summed E-state index contributed by atoms with van der Waals surface area (Å²) in [6, 6.07) is 5.79. The van der Waals surface area contributed by atoms with Crippen molar-refractivity contribution >= 4 is 27.1 Å². The summed E-state index contributed by atoms with van der Waals surface area (Å²) in [5, 5.41) is 1.55. The molecule has 0 unspecified atom stereocenters. The van der Waals surface area contributed by atoms with Crippen LogP contribution >= 0.6 is 11.3 Å². The summed E-state index contributed by atoms with van der Waals surface area (Å²) >= 11 is 0.967. The van der Waals surface area contributed by atoms with Gasteiger partial charge in [0.1, 0.15) is 0 Å². The zero-order valence-electron chi connectivity index (χ0n) is 10.5. The molecule has 2 rings (SSSR count). The molecule has 106 valence electrons. The highest BCUT2D eigenvalue weighted by Gasteiger charge is 2.15. The van der Waals surface area contributed by atoms with Gasteiger partial charge in [0.2, 0.25) is 10.0 Å². The standard InChI is InChI=1S/C12H12N2O4S2/c1-8(15)9-3-2-4-11(5-9)20(17,18)13-6-10-7-19-12(16)14-10/h2-5,7,13H,6H2,1H3,(H,14,16). The number of aromatic nitrogens is 1. The van der Waals surface area contributed by atoms with Gasteiger partial charge in [-0.15, -0.1) is 0 Å². The second kappa shape index (κ2) is 5.70. The van der Waals surface area contributed by atoms with Gasteiger partial charge in [0.05, 0.1) is 11.4 Å². The lowest BCUT2D eigenvalue weighted by Crippen LogP contribution is -2.24. The van der Waals surface area contributed by atoms with Crippen LogP contribution in [0, 0.1) is 0 Å². The molecule has 0 atom stereocenters. The van der Waals surface area contributed by atoms with Crippen molar-refractivity contribution in [3.05, 3.63) is 50.6 Å². The average Bonchev–Trinajstić information content (AvgIpc) is 2.82. The second-order valence-electron chi connectivity index (χ2n) is 4.08. The van der Waals surface area contributed by atoms with Gasteiger partial charge in [-0.05, 0) is 19.1 Å². The summed E-state index contributed by atoms with van der Waals surface area (Å²) in [4.78, 5) is 24.5. The molecule has 0 bridgehead atoms. The number of Topliss-reactive ketones (excluding diaryl/α,β-unsaturated/α-hetero) is 1. The van der Waals surface area contributed by atoms with Crippen molar-refractivity contribution < 1.29 is 13.2 Å². The SMILES string of the molecule is CC(=O)c1cccc(S(=O)(=O)NCc2csc(=O)[nH]2)c1. The number of benzene rings is 1. The number of hydrogen-bond acceptors (Lipinski definition) is 5. The largest absolute Gasteiger partial charge is 0.315 e. The molecule has 0 aliphatic heterocycles. The molecule has 0 saturated carbocycles. The van der Waals surface area contributed by atoms with E-state index in [2.05, 4.69) is 9.71 Å². The zero-order valence-corrected chi connectivity index (χ0v) is 12.2. The molecule has 1 aromatic carbocycles. The average molecular weight is 312 g/mol. The quantitative estimate of drug-likeness (QED) is 0.809. The topological polar surface area (TPSA) is 96.1 Å². The van der Waals surface area contributed by atoms with Gasteiger partial charge in [0.15, 0.2) is 5.78 Å². The first-order chi connectivity index (χ1) is 9.38. The third-order valence-corrected chi connectivity index (χ3v) is 4.69. The Morgan fingerprint density at radius 1 is 1.40 bits per heavy atom. The summed E-state index contributed by atoms with van der Waals surface area (Å²) in [7, 11) is -3.72. The van der Waals surface area contributed by atoms with Crippen LogP contribution in [0.15, 0.2) is 39.3 Å². The third-order valence-electron chi connectivity index (χ3n) is 2.57. The maximum Gasteiger partial charge on any atom is 0.304 e. The fourth-order valence-electron chi connectivity index (χ4n) is 1.54. The first-order valence-corrected chi connectivity index (χ1v) is 8.02. The van der Waals surface area contributed by atoms with Gasteiger partial charge < -0.3 is 4.98 Å². The molecule has 0 amide bonds. The number of nitrogens with one attached hydrogen (secondary N) is 2. The van der Waals surface area contributed by atoms with Crippen molar-refractivity contribution in [3.8, 4) is 0 Å². The van der Waals surface area contributed by atoms with Gasteiger partial charge in [-0.2, -0.15) is 0 Å². The van der Waals surface area contributed by atoms with Crippen molar-refractivity contribution in [2.75, 3.05) is 0 Å². The highest BCUT2D eigenvalue weighted by Crippen LogP contribution is 2.12. The number of rotatable bonds is 5. The van der Waals surface area contributed by atoms with Crippen LogP contribution in [0.1, 0.15) is 23.0 Å². The Morgan fingerprint density at radius 2 is 2.15 bits per heavy atom. The minimum absolute atomic E-state index is 0.00856. The van der Waals surface area contributed by atoms with E-state index >= 15 is 0 Å². The van der Waals surface area contributed by atoms with E-state index in [-0.39, 0.29) is 22.1 Å². The number of thiazole rings is 1. The normalized spacial score (nSPS) is 11.4.